The van der Waals surface area contributed by atoms with Crippen LogP contribution in [0.1, 0.15) is 34.8 Å². The minimum atomic E-state index is -4.75. The molecule has 1 aromatic heterocycles. The molecule has 1 aliphatic heterocycles. The van der Waals surface area contributed by atoms with Crippen LogP contribution in [0.2, 0.25) is 0 Å². The fraction of sp³-hybridized carbons (Fsp3) is 0.286. The summed E-state index contributed by atoms with van der Waals surface area (Å²) in [5.41, 5.74) is 2.16. The van der Waals surface area contributed by atoms with Crippen LogP contribution in [0.4, 0.5) is 13.2 Å². The number of carbonyl (C=O) groups is 1. The van der Waals surface area contributed by atoms with Crippen LogP contribution in [0, 0.1) is 6.07 Å². The number of ether oxygens (including phenoxy) is 1. The monoisotopic (exact) mass is 400 g/mol. The van der Waals surface area contributed by atoms with Gasteiger partial charge in [-0.2, -0.15) is 0 Å². The first kappa shape index (κ1) is 19.2. The average Bonchev–Trinajstić information content (AvgIpc) is 2.72. The van der Waals surface area contributed by atoms with E-state index in [-0.39, 0.29) is 17.6 Å². The van der Waals surface area contributed by atoms with Crippen LogP contribution >= 0.6 is 0 Å². The standard InChI is InChI=1S/C21H17F3N3O2/c22-21(23,24)29-16-7-5-15(6-8-16)20(28)27-11-9-14(10-12-27)19-17-3-1-2-4-18(17)25-13-26-19/h1,3-8,13-14H,9-12H2. The van der Waals surface area contributed by atoms with E-state index in [0.717, 1.165) is 41.6 Å². The Hall–Kier alpha value is -3.16. The van der Waals surface area contributed by atoms with Crippen molar-refractivity contribution in [2.75, 3.05) is 13.1 Å². The zero-order valence-electron chi connectivity index (χ0n) is 15.3. The van der Waals surface area contributed by atoms with Gasteiger partial charge >= 0.3 is 6.36 Å². The Morgan fingerprint density at radius 2 is 1.83 bits per heavy atom. The number of aromatic nitrogens is 2. The molecule has 2 aromatic carbocycles. The molecule has 8 heteroatoms. The van der Waals surface area contributed by atoms with E-state index in [1.54, 1.807) is 11.2 Å². The van der Waals surface area contributed by atoms with Crippen molar-refractivity contribution in [2.45, 2.75) is 25.1 Å². The zero-order valence-corrected chi connectivity index (χ0v) is 15.3. The lowest BCUT2D eigenvalue weighted by atomic mass is 9.90. The number of alkyl halides is 3. The van der Waals surface area contributed by atoms with E-state index >= 15 is 0 Å². The van der Waals surface area contributed by atoms with Gasteiger partial charge in [-0.3, -0.25) is 4.79 Å². The number of benzene rings is 2. The van der Waals surface area contributed by atoms with Crippen molar-refractivity contribution in [1.82, 2.24) is 14.9 Å². The van der Waals surface area contributed by atoms with Gasteiger partial charge in [0.25, 0.3) is 5.91 Å². The Morgan fingerprint density at radius 1 is 1.10 bits per heavy atom. The SMILES string of the molecule is O=C(c1ccc(OC(F)(F)F)cc1)N1CCC(c2ncnc3c[c]ccc23)CC1. The average molecular weight is 400 g/mol. The van der Waals surface area contributed by atoms with E-state index in [4.69, 9.17) is 0 Å². The van der Waals surface area contributed by atoms with Crippen LogP contribution in [0.3, 0.4) is 0 Å². The molecule has 1 fully saturated rings. The number of likely N-dealkylation sites (tertiary alicyclic amines) is 1. The number of fused-ring (bicyclic) bond motifs is 1. The van der Waals surface area contributed by atoms with Gasteiger partial charge in [0.15, 0.2) is 0 Å². The first-order valence-corrected chi connectivity index (χ1v) is 9.16. The Kier molecular flexibility index (Phi) is 5.08. The number of piperidine rings is 1. The minimum absolute atomic E-state index is 0.204. The first-order chi connectivity index (χ1) is 13.9. The highest BCUT2D eigenvalue weighted by molar-refractivity contribution is 5.94. The molecule has 0 saturated carbocycles. The predicted octanol–water partition coefficient (Wildman–Crippen LogP) is 4.35. The molecule has 1 amide bonds. The molecular formula is C21H17F3N3O2. The lowest BCUT2D eigenvalue weighted by Crippen LogP contribution is -2.38. The first-order valence-electron chi connectivity index (χ1n) is 9.16. The molecule has 1 radical (unpaired) electrons. The smallest absolute Gasteiger partial charge is 0.406 e. The van der Waals surface area contributed by atoms with Crippen molar-refractivity contribution >= 4 is 16.8 Å². The largest absolute Gasteiger partial charge is 0.573 e. The number of carbonyl (C=O) groups excluding carboxylic acids is 1. The summed E-state index contributed by atoms with van der Waals surface area (Å²) in [5, 5.41) is 0.997. The Labute approximate surface area is 165 Å². The summed E-state index contributed by atoms with van der Waals surface area (Å²) in [6, 6.07) is 13.6. The summed E-state index contributed by atoms with van der Waals surface area (Å²) in [5.74, 6) is -0.334. The van der Waals surface area contributed by atoms with Crippen LogP contribution in [0.5, 0.6) is 5.75 Å². The summed E-state index contributed by atoms with van der Waals surface area (Å²) < 4.78 is 40.6. The summed E-state index contributed by atoms with van der Waals surface area (Å²) >= 11 is 0. The highest BCUT2D eigenvalue weighted by atomic mass is 19.4. The summed E-state index contributed by atoms with van der Waals surface area (Å²) in [6.45, 7) is 1.10. The van der Waals surface area contributed by atoms with Gasteiger partial charge in [-0.25, -0.2) is 9.97 Å². The number of amides is 1. The summed E-state index contributed by atoms with van der Waals surface area (Å²) in [6.07, 6.45) is -1.69. The second-order valence-electron chi connectivity index (χ2n) is 6.84. The topological polar surface area (TPSA) is 55.3 Å². The van der Waals surface area contributed by atoms with E-state index < -0.39 is 6.36 Å². The molecule has 0 spiro atoms. The molecular weight excluding hydrogens is 383 g/mol. The molecule has 2 heterocycles. The molecule has 1 aliphatic rings. The van der Waals surface area contributed by atoms with Gasteiger partial charge < -0.3 is 9.64 Å². The number of nitrogens with zero attached hydrogens (tertiary/aromatic N) is 3. The van der Waals surface area contributed by atoms with Crippen LogP contribution in [0.25, 0.3) is 10.9 Å². The molecule has 29 heavy (non-hydrogen) atoms. The van der Waals surface area contributed by atoms with E-state index in [1.807, 2.05) is 18.2 Å². The third kappa shape index (κ3) is 4.31. The van der Waals surface area contributed by atoms with E-state index in [9.17, 15) is 18.0 Å². The van der Waals surface area contributed by atoms with Gasteiger partial charge in [0.1, 0.15) is 12.1 Å². The molecule has 5 nitrogen and oxygen atoms in total. The van der Waals surface area contributed by atoms with E-state index in [0.29, 0.717) is 18.7 Å². The second kappa shape index (κ2) is 7.69. The molecule has 4 rings (SSSR count). The maximum atomic E-state index is 12.7. The predicted molar refractivity (Wildman–Crippen MR) is 99.4 cm³/mol. The minimum Gasteiger partial charge on any atom is -0.406 e. The van der Waals surface area contributed by atoms with E-state index in [1.165, 1.54) is 12.1 Å². The molecule has 0 atom stereocenters. The van der Waals surface area contributed by atoms with Gasteiger partial charge in [-0.15, -0.1) is 13.2 Å². The van der Waals surface area contributed by atoms with Crippen molar-refractivity contribution in [3.05, 3.63) is 66.1 Å². The van der Waals surface area contributed by atoms with Crippen molar-refractivity contribution in [2.24, 2.45) is 0 Å². The van der Waals surface area contributed by atoms with Gasteiger partial charge in [-0.1, -0.05) is 12.1 Å². The lowest BCUT2D eigenvalue weighted by molar-refractivity contribution is -0.274. The fourth-order valence-corrected chi connectivity index (χ4v) is 3.63. The molecule has 149 valence electrons. The van der Waals surface area contributed by atoms with Gasteiger partial charge in [0, 0.05) is 30.0 Å². The third-order valence-corrected chi connectivity index (χ3v) is 5.02. The maximum absolute atomic E-state index is 12.7. The normalized spacial score (nSPS) is 15.5. The van der Waals surface area contributed by atoms with Crippen molar-refractivity contribution < 1.29 is 22.7 Å². The number of hydrogen-bond acceptors (Lipinski definition) is 4. The van der Waals surface area contributed by atoms with Crippen molar-refractivity contribution in [3.63, 3.8) is 0 Å². The molecule has 0 N–H and O–H groups in total. The van der Waals surface area contributed by atoms with Gasteiger partial charge in [0.2, 0.25) is 0 Å². The van der Waals surface area contributed by atoms with E-state index in [2.05, 4.69) is 20.8 Å². The summed E-state index contributed by atoms with van der Waals surface area (Å²) in [4.78, 5) is 23.1. The second-order valence-corrected chi connectivity index (χ2v) is 6.84. The molecule has 0 aliphatic carbocycles. The van der Waals surface area contributed by atoms with Gasteiger partial charge in [0.05, 0.1) is 11.2 Å². The van der Waals surface area contributed by atoms with Crippen molar-refractivity contribution in [1.29, 1.82) is 0 Å². The molecule has 1 saturated heterocycles. The fourth-order valence-electron chi connectivity index (χ4n) is 3.63. The lowest BCUT2D eigenvalue weighted by Gasteiger charge is -2.32. The number of halogens is 3. The van der Waals surface area contributed by atoms with Gasteiger partial charge in [-0.05, 0) is 49.2 Å². The highest BCUT2D eigenvalue weighted by Gasteiger charge is 2.31. The molecule has 3 aromatic rings. The summed E-state index contributed by atoms with van der Waals surface area (Å²) in [7, 11) is 0. The maximum Gasteiger partial charge on any atom is 0.573 e. The van der Waals surface area contributed by atoms with Crippen LogP contribution in [-0.2, 0) is 0 Å². The molecule has 0 bridgehead atoms. The number of hydrogen-bond donors (Lipinski definition) is 0. The Morgan fingerprint density at radius 3 is 2.52 bits per heavy atom. The van der Waals surface area contributed by atoms with Crippen molar-refractivity contribution in [3.8, 4) is 5.75 Å². The zero-order chi connectivity index (χ0) is 20.4. The van der Waals surface area contributed by atoms with Crippen LogP contribution in [0.15, 0.2) is 48.8 Å². The molecule has 0 unspecified atom stereocenters. The van der Waals surface area contributed by atoms with Crippen LogP contribution in [-0.4, -0.2) is 40.2 Å². The Balaban J connectivity index is 1.42. The number of rotatable bonds is 3. The van der Waals surface area contributed by atoms with Crippen LogP contribution < -0.4 is 4.74 Å². The quantitative estimate of drug-likeness (QED) is 0.656. The third-order valence-electron chi connectivity index (χ3n) is 5.02. The Bertz CT molecular complexity index is 1010. The highest BCUT2D eigenvalue weighted by Crippen LogP contribution is 2.31.